The zero-order valence-corrected chi connectivity index (χ0v) is 23.7. The van der Waals surface area contributed by atoms with Crippen LogP contribution in [0.25, 0.3) is 0 Å². The molecule has 0 rings (SSSR count). The largest absolute Gasteiger partial charge is 0.0885 e. The van der Waals surface area contributed by atoms with Crippen LogP contribution in [-0.2, 0) is 0 Å². The molecule has 0 saturated carbocycles. The lowest BCUT2D eigenvalue weighted by molar-refractivity contribution is 0.522. The Morgan fingerprint density at radius 3 is 0.636 bits per heavy atom. The average Bonchev–Trinajstić information content (AvgIpc) is 2.83. The Kier molecular flexibility index (Phi) is 31.5. The standard InChI is InChI=1S/C33H66/c1-3-5-7-9-11-13-15-17-19-21-23-25-27-29-31-33-32-30-28-26-24-22-20-18-16-14-12-10-8-6-4-2/h19,21H,3-18,20,22-33H2,1-2H3/b21-19-. The van der Waals surface area contributed by atoms with Gasteiger partial charge in [-0.05, 0) is 25.7 Å². The van der Waals surface area contributed by atoms with Crippen molar-refractivity contribution in [3.8, 4) is 0 Å². The fourth-order valence-corrected chi connectivity index (χ4v) is 4.97. The van der Waals surface area contributed by atoms with E-state index in [1.165, 1.54) is 186 Å². The predicted octanol–water partition coefficient (Wildman–Crippen LogP) is 12.9. The van der Waals surface area contributed by atoms with Gasteiger partial charge in [0, 0.05) is 0 Å². The molecule has 0 spiro atoms. The monoisotopic (exact) mass is 463 g/mol. The van der Waals surface area contributed by atoms with Gasteiger partial charge in [0.1, 0.15) is 0 Å². The van der Waals surface area contributed by atoms with Crippen molar-refractivity contribution in [1.82, 2.24) is 0 Å². The molecule has 0 aromatic rings. The molecular formula is C33H66. The fraction of sp³-hybridized carbons (Fsp3) is 0.939. The van der Waals surface area contributed by atoms with Gasteiger partial charge in [0.15, 0.2) is 0 Å². The summed E-state index contributed by atoms with van der Waals surface area (Å²) < 4.78 is 0. The molecule has 0 heteroatoms. The molecule has 0 aliphatic rings. The molecule has 0 fully saturated rings. The van der Waals surface area contributed by atoms with E-state index in [-0.39, 0.29) is 0 Å². The van der Waals surface area contributed by atoms with Gasteiger partial charge < -0.3 is 0 Å². The van der Waals surface area contributed by atoms with E-state index >= 15 is 0 Å². The van der Waals surface area contributed by atoms with Crippen LogP contribution in [0.5, 0.6) is 0 Å². The average molecular weight is 463 g/mol. The topological polar surface area (TPSA) is 0 Å². The van der Waals surface area contributed by atoms with Crippen LogP contribution in [-0.4, -0.2) is 0 Å². The SMILES string of the molecule is CCCCCCCCC/C=C\CCCCCCCCCCCCCCCCCCCCCC. The van der Waals surface area contributed by atoms with Crippen LogP contribution < -0.4 is 0 Å². The summed E-state index contributed by atoms with van der Waals surface area (Å²) in [5.74, 6) is 0. The first-order valence-corrected chi connectivity index (χ1v) is 16.1. The third-order valence-corrected chi connectivity index (χ3v) is 7.37. The van der Waals surface area contributed by atoms with Gasteiger partial charge >= 0.3 is 0 Å². The molecule has 0 aromatic heterocycles. The highest BCUT2D eigenvalue weighted by atomic mass is 14.0. The fourth-order valence-electron chi connectivity index (χ4n) is 4.97. The lowest BCUT2D eigenvalue weighted by atomic mass is 10.0. The first-order chi connectivity index (χ1) is 16.4. The minimum Gasteiger partial charge on any atom is -0.0885 e. The van der Waals surface area contributed by atoms with Crippen LogP contribution >= 0.6 is 0 Å². The van der Waals surface area contributed by atoms with Crippen LogP contribution in [0.15, 0.2) is 12.2 Å². The van der Waals surface area contributed by atoms with Crippen molar-refractivity contribution >= 4 is 0 Å². The molecule has 0 heterocycles. The molecule has 0 amide bonds. The molecule has 0 N–H and O–H groups in total. The summed E-state index contributed by atoms with van der Waals surface area (Å²) in [6.07, 6.45) is 46.9. The van der Waals surface area contributed by atoms with Crippen LogP contribution in [0.3, 0.4) is 0 Å². The Bertz CT molecular complexity index is 342. The van der Waals surface area contributed by atoms with Gasteiger partial charge in [-0.1, -0.05) is 187 Å². The van der Waals surface area contributed by atoms with E-state index in [0.717, 1.165) is 0 Å². The van der Waals surface area contributed by atoms with Crippen molar-refractivity contribution < 1.29 is 0 Å². The quantitative estimate of drug-likeness (QED) is 0.0765. The van der Waals surface area contributed by atoms with E-state index in [0.29, 0.717) is 0 Å². The zero-order chi connectivity index (χ0) is 23.9. The first-order valence-electron chi connectivity index (χ1n) is 16.1. The van der Waals surface area contributed by atoms with Crippen molar-refractivity contribution in [2.24, 2.45) is 0 Å². The van der Waals surface area contributed by atoms with Crippen LogP contribution in [0.1, 0.15) is 200 Å². The molecule has 0 bridgehead atoms. The Balaban J connectivity index is 3.05. The summed E-state index contributed by atoms with van der Waals surface area (Å²) in [6.45, 7) is 4.60. The van der Waals surface area contributed by atoms with E-state index in [2.05, 4.69) is 26.0 Å². The number of hydrogen-bond donors (Lipinski definition) is 0. The third kappa shape index (κ3) is 31.7. The van der Waals surface area contributed by atoms with E-state index in [9.17, 15) is 0 Å². The Morgan fingerprint density at radius 2 is 0.424 bits per heavy atom. The second kappa shape index (κ2) is 31.7. The normalized spacial score (nSPS) is 11.7. The van der Waals surface area contributed by atoms with Crippen LogP contribution in [0.2, 0.25) is 0 Å². The summed E-state index contributed by atoms with van der Waals surface area (Å²) >= 11 is 0. The number of allylic oxidation sites excluding steroid dienone is 2. The van der Waals surface area contributed by atoms with Crippen LogP contribution in [0.4, 0.5) is 0 Å². The summed E-state index contributed by atoms with van der Waals surface area (Å²) in [7, 11) is 0. The maximum Gasteiger partial charge on any atom is -0.0351 e. The van der Waals surface area contributed by atoms with Crippen molar-refractivity contribution in [2.45, 2.75) is 200 Å². The molecular weight excluding hydrogens is 396 g/mol. The van der Waals surface area contributed by atoms with Gasteiger partial charge in [0.05, 0.1) is 0 Å². The van der Waals surface area contributed by atoms with E-state index < -0.39 is 0 Å². The molecule has 0 nitrogen and oxygen atoms in total. The molecule has 33 heavy (non-hydrogen) atoms. The first kappa shape index (κ1) is 32.7. The number of unbranched alkanes of at least 4 members (excludes halogenated alkanes) is 27. The summed E-state index contributed by atoms with van der Waals surface area (Å²) in [5.41, 5.74) is 0. The summed E-state index contributed by atoms with van der Waals surface area (Å²) in [4.78, 5) is 0. The number of hydrogen-bond acceptors (Lipinski definition) is 0. The summed E-state index contributed by atoms with van der Waals surface area (Å²) in [6, 6.07) is 0. The van der Waals surface area contributed by atoms with Gasteiger partial charge in [-0.25, -0.2) is 0 Å². The predicted molar refractivity (Wildman–Crippen MR) is 154 cm³/mol. The molecule has 0 saturated heterocycles. The molecule has 0 radical (unpaired) electrons. The minimum absolute atomic E-state index is 1.31. The van der Waals surface area contributed by atoms with Crippen molar-refractivity contribution in [3.05, 3.63) is 12.2 Å². The van der Waals surface area contributed by atoms with Crippen molar-refractivity contribution in [1.29, 1.82) is 0 Å². The highest BCUT2D eigenvalue weighted by molar-refractivity contribution is 4.81. The maximum absolute atomic E-state index is 2.45. The molecule has 0 aliphatic heterocycles. The zero-order valence-electron chi connectivity index (χ0n) is 23.7. The summed E-state index contributed by atoms with van der Waals surface area (Å²) in [5, 5.41) is 0. The number of rotatable bonds is 29. The van der Waals surface area contributed by atoms with Gasteiger partial charge in [0.2, 0.25) is 0 Å². The minimum atomic E-state index is 1.31. The maximum atomic E-state index is 2.45. The van der Waals surface area contributed by atoms with Crippen molar-refractivity contribution in [2.75, 3.05) is 0 Å². The second-order valence-electron chi connectivity index (χ2n) is 10.9. The highest BCUT2D eigenvalue weighted by Gasteiger charge is 1.95. The molecule has 0 unspecified atom stereocenters. The molecule has 0 aromatic carbocycles. The molecule has 198 valence electrons. The van der Waals surface area contributed by atoms with Crippen molar-refractivity contribution in [3.63, 3.8) is 0 Å². The Labute approximate surface area is 212 Å². The highest BCUT2D eigenvalue weighted by Crippen LogP contribution is 2.15. The van der Waals surface area contributed by atoms with Crippen LogP contribution in [0, 0.1) is 0 Å². The van der Waals surface area contributed by atoms with E-state index in [1.807, 2.05) is 0 Å². The lowest BCUT2D eigenvalue weighted by Gasteiger charge is -2.04. The van der Waals surface area contributed by atoms with E-state index in [1.54, 1.807) is 0 Å². The third-order valence-electron chi connectivity index (χ3n) is 7.37. The van der Waals surface area contributed by atoms with Gasteiger partial charge in [0.25, 0.3) is 0 Å². The Morgan fingerprint density at radius 1 is 0.242 bits per heavy atom. The Hall–Kier alpha value is -0.260. The lowest BCUT2D eigenvalue weighted by Crippen LogP contribution is -1.84. The van der Waals surface area contributed by atoms with Gasteiger partial charge in [-0.2, -0.15) is 0 Å². The molecule has 0 atom stereocenters. The molecule has 0 aliphatic carbocycles. The van der Waals surface area contributed by atoms with E-state index in [4.69, 9.17) is 0 Å². The second-order valence-corrected chi connectivity index (χ2v) is 10.9. The van der Waals surface area contributed by atoms with Gasteiger partial charge in [-0.15, -0.1) is 0 Å². The van der Waals surface area contributed by atoms with Gasteiger partial charge in [-0.3, -0.25) is 0 Å². The smallest absolute Gasteiger partial charge is 0.0351 e.